The van der Waals surface area contributed by atoms with Gasteiger partial charge < -0.3 is 9.84 Å². The average Bonchev–Trinajstić information content (AvgIpc) is 2.21. The lowest BCUT2D eigenvalue weighted by molar-refractivity contribution is -0.143. The van der Waals surface area contributed by atoms with Crippen LogP contribution in [0.25, 0.3) is 0 Å². The second-order valence-corrected chi connectivity index (χ2v) is 3.87. The van der Waals surface area contributed by atoms with E-state index in [2.05, 4.69) is 6.58 Å². The smallest absolute Gasteiger partial charge is 0.333 e. The molecule has 0 aliphatic carbocycles. The third-order valence-electron chi connectivity index (χ3n) is 2.12. The van der Waals surface area contributed by atoms with Crippen LogP contribution >= 0.6 is 0 Å². The number of esters is 1. The molecule has 1 atom stereocenters. The van der Waals surface area contributed by atoms with E-state index in [1.807, 2.05) is 6.92 Å². The van der Waals surface area contributed by atoms with Crippen molar-refractivity contribution in [2.75, 3.05) is 0 Å². The molecule has 1 rings (SSSR count). The Hall–Kier alpha value is -1.77. The van der Waals surface area contributed by atoms with Crippen LogP contribution in [0.4, 0.5) is 0 Å². The summed E-state index contributed by atoms with van der Waals surface area (Å²) in [6.07, 6.45) is 0.424. The van der Waals surface area contributed by atoms with Gasteiger partial charge in [-0.1, -0.05) is 18.7 Å². The van der Waals surface area contributed by atoms with Gasteiger partial charge >= 0.3 is 5.97 Å². The Morgan fingerprint density at radius 2 is 2.00 bits per heavy atom. The first kappa shape index (κ1) is 12.3. The molecule has 3 nitrogen and oxygen atoms in total. The molecule has 0 spiro atoms. The molecule has 0 fully saturated rings. The van der Waals surface area contributed by atoms with Crippen LogP contribution in [0.15, 0.2) is 36.4 Å². The number of phenolic OH excluding ortho intramolecular Hbond substituents is 1. The van der Waals surface area contributed by atoms with Gasteiger partial charge in [0.15, 0.2) is 0 Å². The first-order chi connectivity index (χ1) is 7.49. The normalized spacial score (nSPS) is 11.9. The summed E-state index contributed by atoms with van der Waals surface area (Å²) in [4.78, 5) is 11.2. The number of hydrogen-bond donors (Lipinski definition) is 1. The summed E-state index contributed by atoms with van der Waals surface area (Å²) in [5.41, 5.74) is 1.41. The van der Waals surface area contributed by atoms with Crippen molar-refractivity contribution in [3.8, 4) is 5.75 Å². The van der Waals surface area contributed by atoms with Crippen molar-refractivity contribution in [2.24, 2.45) is 0 Å². The Morgan fingerprint density at radius 1 is 1.44 bits per heavy atom. The van der Waals surface area contributed by atoms with Gasteiger partial charge in [0.25, 0.3) is 0 Å². The molecule has 86 valence electrons. The van der Waals surface area contributed by atoms with Crippen LogP contribution < -0.4 is 0 Å². The van der Waals surface area contributed by atoms with Gasteiger partial charge in [0, 0.05) is 12.0 Å². The summed E-state index contributed by atoms with van der Waals surface area (Å²) in [5, 5.41) is 9.11. The standard InChI is InChI=1S/C13H16O3/c1-9(2)13(15)16-10(3)8-11-4-6-12(14)7-5-11/h4-7,10,14H,1,8H2,2-3H3. The first-order valence-corrected chi connectivity index (χ1v) is 5.13. The average molecular weight is 220 g/mol. The highest BCUT2D eigenvalue weighted by atomic mass is 16.5. The number of aromatic hydroxyl groups is 1. The monoisotopic (exact) mass is 220 g/mol. The SMILES string of the molecule is C=C(C)C(=O)OC(C)Cc1ccc(O)cc1. The third-order valence-corrected chi connectivity index (χ3v) is 2.12. The predicted octanol–water partition coefficient (Wildman–Crippen LogP) is 2.44. The highest BCUT2D eigenvalue weighted by molar-refractivity contribution is 5.87. The van der Waals surface area contributed by atoms with Crippen molar-refractivity contribution in [1.82, 2.24) is 0 Å². The van der Waals surface area contributed by atoms with Gasteiger partial charge in [-0.2, -0.15) is 0 Å². The number of carbonyl (C=O) groups is 1. The molecule has 1 aromatic rings. The molecular formula is C13H16O3. The fraction of sp³-hybridized carbons (Fsp3) is 0.308. The highest BCUT2D eigenvalue weighted by Gasteiger charge is 2.10. The Labute approximate surface area is 95.4 Å². The summed E-state index contributed by atoms with van der Waals surface area (Å²) in [6.45, 7) is 6.97. The van der Waals surface area contributed by atoms with Crippen LogP contribution in [0.2, 0.25) is 0 Å². The van der Waals surface area contributed by atoms with Crippen molar-refractivity contribution < 1.29 is 14.6 Å². The molecule has 0 aliphatic heterocycles. The van der Waals surface area contributed by atoms with Crippen LogP contribution in [0, 0.1) is 0 Å². The molecule has 1 unspecified atom stereocenters. The molecule has 0 aliphatic rings. The molecule has 16 heavy (non-hydrogen) atoms. The summed E-state index contributed by atoms with van der Waals surface area (Å²) in [7, 11) is 0. The number of phenols is 1. The van der Waals surface area contributed by atoms with Gasteiger partial charge in [-0.25, -0.2) is 4.79 Å². The lowest BCUT2D eigenvalue weighted by Crippen LogP contribution is -2.17. The van der Waals surface area contributed by atoms with Gasteiger partial charge in [-0.3, -0.25) is 0 Å². The van der Waals surface area contributed by atoms with Gasteiger partial charge in [-0.15, -0.1) is 0 Å². The lowest BCUT2D eigenvalue weighted by atomic mass is 10.1. The predicted molar refractivity (Wildman–Crippen MR) is 62.2 cm³/mol. The number of ether oxygens (including phenoxy) is 1. The Bertz CT molecular complexity index is 379. The summed E-state index contributed by atoms with van der Waals surface area (Å²) in [6, 6.07) is 6.84. The molecule has 1 aromatic carbocycles. The van der Waals surface area contributed by atoms with E-state index < -0.39 is 0 Å². The maximum atomic E-state index is 11.2. The molecule has 0 aromatic heterocycles. The number of benzene rings is 1. The van der Waals surface area contributed by atoms with Crippen LogP contribution in [-0.4, -0.2) is 17.2 Å². The summed E-state index contributed by atoms with van der Waals surface area (Å²) >= 11 is 0. The van der Waals surface area contributed by atoms with E-state index in [0.29, 0.717) is 12.0 Å². The largest absolute Gasteiger partial charge is 0.508 e. The van der Waals surface area contributed by atoms with Crippen molar-refractivity contribution in [3.05, 3.63) is 42.0 Å². The van der Waals surface area contributed by atoms with Crippen LogP contribution in [-0.2, 0) is 16.0 Å². The second kappa shape index (κ2) is 5.35. The van der Waals surface area contributed by atoms with E-state index in [0.717, 1.165) is 5.56 Å². The number of rotatable bonds is 4. The van der Waals surface area contributed by atoms with E-state index in [1.54, 1.807) is 31.2 Å². The molecule has 1 N–H and O–H groups in total. The molecule has 0 saturated heterocycles. The van der Waals surface area contributed by atoms with Crippen molar-refractivity contribution in [2.45, 2.75) is 26.4 Å². The van der Waals surface area contributed by atoms with Crippen LogP contribution in [0.3, 0.4) is 0 Å². The molecule has 0 radical (unpaired) electrons. The van der Waals surface area contributed by atoms with E-state index in [-0.39, 0.29) is 17.8 Å². The molecule has 0 saturated carbocycles. The van der Waals surface area contributed by atoms with E-state index in [1.165, 1.54) is 0 Å². The zero-order valence-electron chi connectivity index (χ0n) is 9.56. The second-order valence-electron chi connectivity index (χ2n) is 3.87. The molecule has 3 heteroatoms. The Morgan fingerprint density at radius 3 is 2.50 bits per heavy atom. The fourth-order valence-corrected chi connectivity index (χ4v) is 1.29. The number of hydrogen-bond acceptors (Lipinski definition) is 3. The zero-order valence-corrected chi connectivity index (χ0v) is 9.56. The quantitative estimate of drug-likeness (QED) is 0.626. The Kier molecular flexibility index (Phi) is 4.11. The first-order valence-electron chi connectivity index (χ1n) is 5.13. The summed E-state index contributed by atoms with van der Waals surface area (Å²) < 4.78 is 5.14. The summed E-state index contributed by atoms with van der Waals surface area (Å²) in [5.74, 6) is -0.137. The van der Waals surface area contributed by atoms with Crippen LogP contribution in [0.5, 0.6) is 5.75 Å². The minimum absolute atomic E-state index is 0.200. The van der Waals surface area contributed by atoms with Crippen molar-refractivity contribution in [3.63, 3.8) is 0 Å². The van der Waals surface area contributed by atoms with Gasteiger partial charge in [0.1, 0.15) is 11.9 Å². The minimum atomic E-state index is -0.369. The lowest BCUT2D eigenvalue weighted by Gasteiger charge is -2.13. The number of carbonyl (C=O) groups excluding carboxylic acids is 1. The third kappa shape index (κ3) is 3.77. The van der Waals surface area contributed by atoms with E-state index in [4.69, 9.17) is 9.84 Å². The van der Waals surface area contributed by atoms with Gasteiger partial charge in [0.2, 0.25) is 0 Å². The molecule has 0 heterocycles. The maximum absolute atomic E-state index is 11.2. The van der Waals surface area contributed by atoms with E-state index >= 15 is 0 Å². The molecule has 0 amide bonds. The fourth-order valence-electron chi connectivity index (χ4n) is 1.29. The molecular weight excluding hydrogens is 204 g/mol. The van der Waals surface area contributed by atoms with Crippen molar-refractivity contribution >= 4 is 5.97 Å². The topological polar surface area (TPSA) is 46.5 Å². The minimum Gasteiger partial charge on any atom is -0.508 e. The van der Waals surface area contributed by atoms with E-state index in [9.17, 15) is 4.79 Å². The van der Waals surface area contributed by atoms with Gasteiger partial charge in [0.05, 0.1) is 0 Å². The Balaban J connectivity index is 2.51. The highest BCUT2D eigenvalue weighted by Crippen LogP contribution is 2.12. The van der Waals surface area contributed by atoms with Gasteiger partial charge in [-0.05, 0) is 31.5 Å². The maximum Gasteiger partial charge on any atom is 0.333 e. The zero-order chi connectivity index (χ0) is 12.1. The van der Waals surface area contributed by atoms with Crippen molar-refractivity contribution in [1.29, 1.82) is 0 Å². The molecule has 0 bridgehead atoms. The van der Waals surface area contributed by atoms with Crippen LogP contribution in [0.1, 0.15) is 19.4 Å².